The van der Waals surface area contributed by atoms with Gasteiger partial charge in [-0.1, -0.05) is 148 Å². The monoisotopic (exact) mass is 624 g/mol. The van der Waals surface area contributed by atoms with E-state index in [1.54, 1.807) is 0 Å². The molecule has 0 unspecified atom stereocenters. The summed E-state index contributed by atoms with van der Waals surface area (Å²) < 4.78 is 18.9. The summed E-state index contributed by atoms with van der Waals surface area (Å²) in [6, 6.07) is 39.0. The van der Waals surface area contributed by atoms with Crippen LogP contribution < -0.4 is 10.4 Å². The number of hydrogen-bond donors (Lipinski definition) is 3. The molecule has 0 spiro atoms. The quantitative estimate of drug-likeness (QED) is 0.134. The van der Waals surface area contributed by atoms with Crippen LogP contribution in [0.5, 0.6) is 0 Å². The number of ether oxygens (including phenoxy) is 2. The molecule has 0 radical (unpaired) electrons. The van der Waals surface area contributed by atoms with Crippen molar-refractivity contribution >= 4 is 18.7 Å². The van der Waals surface area contributed by atoms with E-state index in [4.69, 9.17) is 20.3 Å². The predicted molar refractivity (Wildman–Crippen MR) is 180 cm³/mol. The van der Waals surface area contributed by atoms with Crippen molar-refractivity contribution in [1.29, 1.82) is 0 Å². The maximum atomic E-state index is 11.7. The Hall–Kier alpha value is -3.58. The van der Waals surface area contributed by atoms with E-state index in [-0.39, 0.29) is 24.9 Å². The van der Waals surface area contributed by atoms with Crippen LogP contribution in [0.15, 0.2) is 121 Å². The molecule has 4 aromatic carbocycles. The zero-order valence-corrected chi connectivity index (χ0v) is 27.2. The lowest BCUT2D eigenvalue weighted by atomic mass is 9.99. The van der Waals surface area contributed by atoms with Crippen molar-refractivity contribution < 1.29 is 29.2 Å². The Morgan fingerprint density at radius 2 is 1.07 bits per heavy atom. The van der Waals surface area contributed by atoms with Gasteiger partial charge in [0.25, 0.3) is 8.32 Å². The Bertz CT molecular complexity index is 1420. The molecule has 45 heavy (non-hydrogen) atoms. The van der Waals surface area contributed by atoms with Crippen LogP contribution in [0.1, 0.15) is 31.9 Å². The molecule has 0 saturated carbocycles. The average molecular weight is 625 g/mol. The SMILES string of the molecule is C#C[C@@H](OCc1ccccc1)[C@@H](O)[C@@H](O)[C@H](OCc1ccccc1)[C@H](O)CO[Si](c1ccccc1)(c1ccccc1)C(C)(C)C. The Morgan fingerprint density at radius 1 is 0.644 bits per heavy atom. The molecule has 0 heterocycles. The smallest absolute Gasteiger partial charge is 0.261 e. The molecule has 3 N–H and O–H groups in total. The summed E-state index contributed by atoms with van der Waals surface area (Å²) in [7, 11) is -3.00. The summed E-state index contributed by atoms with van der Waals surface area (Å²) >= 11 is 0. The van der Waals surface area contributed by atoms with E-state index in [1.165, 1.54) is 0 Å². The van der Waals surface area contributed by atoms with Gasteiger partial charge in [-0.25, -0.2) is 0 Å². The normalized spacial score (nSPS) is 15.4. The standard InChI is InChI=1S/C38H44O6Si/c1-5-34(42-26-29-18-10-6-11-19-29)35(40)36(41)37(43-27-30-20-12-7-13-21-30)33(39)28-44-45(38(2,3)4,31-22-14-8-15-23-31)32-24-16-9-17-25-32/h1,6-25,33-37,39-41H,26-28H2,2-4H3/t33-,34-,35-,36-,37-/m1/s1. The minimum Gasteiger partial charge on any atom is -0.405 e. The van der Waals surface area contributed by atoms with Crippen LogP contribution in [0.4, 0.5) is 0 Å². The Balaban J connectivity index is 1.61. The third kappa shape index (κ3) is 8.57. The average Bonchev–Trinajstić information content (AvgIpc) is 3.06. The molecule has 5 atom stereocenters. The van der Waals surface area contributed by atoms with Crippen molar-refractivity contribution in [3.63, 3.8) is 0 Å². The van der Waals surface area contributed by atoms with Gasteiger partial charge in [0.2, 0.25) is 0 Å². The van der Waals surface area contributed by atoms with Crippen LogP contribution in [0.2, 0.25) is 5.04 Å². The number of hydrogen-bond acceptors (Lipinski definition) is 6. The first-order valence-electron chi connectivity index (χ1n) is 15.2. The van der Waals surface area contributed by atoms with Crippen molar-refractivity contribution in [3.8, 4) is 12.3 Å². The van der Waals surface area contributed by atoms with Crippen LogP contribution >= 0.6 is 0 Å². The second-order valence-corrected chi connectivity index (χ2v) is 16.5. The van der Waals surface area contributed by atoms with E-state index < -0.39 is 38.8 Å². The highest BCUT2D eigenvalue weighted by Crippen LogP contribution is 2.37. The molecule has 0 aliphatic rings. The zero-order valence-electron chi connectivity index (χ0n) is 26.2. The molecule has 0 aliphatic carbocycles. The van der Waals surface area contributed by atoms with Gasteiger partial charge in [-0.05, 0) is 26.5 Å². The summed E-state index contributed by atoms with van der Waals surface area (Å²) in [5.41, 5.74) is 1.72. The minimum atomic E-state index is -3.00. The second kappa shape index (κ2) is 16.1. The molecule has 0 saturated heterocycles. The van der Waals surface area contributed by atoms with E-state index >= 15 is 0 Å². The van der Waals surface area contributed by atoms with Crippen molar-refractivity contribution in [2.45, 2.75) is 69.5 Å². The Labute approximate surface area is 268 Å². The Morgan fingerprint density at radius 3 is 1.49 bits per heavy atom. The van der Waals surface area contributed by atoms with Gasteiger partial charge < -0.3 is 29.2 Å². The largest absolute Gasteiger partial charge is 0.405 e. The van der Waals surface area contributed by atoms with E-state index in [0.29, 0.717) is 0 Å². The number of terminal acetylenes is 1. The van der Waals surface area contributed by atoms with Crippen LogP contribution in [-0.2, 0) is 27.1 Å². The molecule has 7 heteroatoms. The molecule has 236 valence electrons. The molecule has 4 aromatic rings. The summed E-state index contributed by atoms with van der Waals surface area (Å²) in [5, 5.41) is 36.2. The van der Waals surface area contributed by atoms with Gasteiger partial charge in [-0.15, -0.1) is 6.42 Å². The molecular formula is C38H44O6Si. The lowest BCUT2D eigenvalue weighted by Crippen LogP contribution is -2.67. The molecule has 0 aromatic heterocycles. The van der Waals surface area contributed by atoms with Crippen molar-refractivity contribution in [2.75, 3.05) is 6.61 Å². The van der Waals surface area contributed by atoms with Crippen molar-refractivity contribution in [3.05, 3.63) is 132 Å². The first-order chi connectivity index (χ1) is 21.7. The molecule has 4 rings (SSSR count). The number of aliphatic hydroxyl groups is 3. The van der Waals surface area contributed by atoms with Crippen LogP contribution in [0.25, 0.3) is 0 Å². The summed E-state index contributed by atoms with van der Waals surface area (Å²) in [6.07, 6.45) is -1.08. The topological polar surface area (TPSA) is 88.4 Å². The highest BCUT2D eigenvalue weighted by molar-refractivity contribution is 6.99. The van der Waals surface area contributed by atoms with E-state index in [2.05, 4.69) is 51.0 Å². The van der Waals surface area contributed by atoms with Gasteiger partial charge in [-0.3, -0.25) is 0 Å². The maximum absolute atomic E-state index is 11.7. The zero-order chi connectivity index (χ0) is 32.3. The van der Waals surface area contributed by atoms with Gasteiger partial charge in [0.05, 0.1) is 19.8 Å². The van der Waals surface area contributed by atoms with E-state index in [9.17, 15) is 15.3 Å². The fourth-order valence-corrected chi connectivity index (χ4v) is 10.2. The van der Waals surface area contributed by atoms with Crippen molar-refractivity contribution in [1.82, 2.24) is 0 Å². The van der Waals surface area contributed by atoms with E-state index in [0.717, 1.165) is 21.5 Å². The van der Waals surface area contributed by atoms with Crippen LogP contribution in [0, 0.1) is 12.3 Å². The third-order valence-corrected chi connectivity index (χ3v) is 13.0. The Kier molecular flexibility index (Phi) is 12.3. The first kappa shape index (κ1) is 34.3. The van der Waals surface area contributed by atoms with E-state index in [1.807, 2.05) is 97.1 Å². The first-order valence-corrected chi connectivity index (χ1v) is 17.1. The third-order valence-electron chi connectivity index (χ3n) is 7.99. The van der Waals surface area contributed by atoms with Gasteiger partial charge >= 0.3 is 0 Å². The summed E-state index contributed by atoms with van der Waals surface area (Å²) in [5.74, 6) is 2.45. The lowest BCUT2D eigenvalue weighted by Gasteiger charge is -2.44. The number of aliphatic hydroxyl groups excluding tert-OH is 3. The molecular weight excluding hydrogens is 580 g/mol. The predicted octanol–water partition coefficient (Wildman–Crippen LogP) is 4.45. The van der Waals surface area contributed by atoms with Crippen LogP contribution in [-0.4, -0.2) is 60.8 Å². The maximum Gasteiger partial charge on any atom is 0.261 e. The van der Waals surface area contributed by atoms with Gasteiger partial charge in [0.15, 0.2) is 0 Å². The molecule has 0 fully saturated rings. The molecule has 0 amide bonds. The van der Waals surface area contributed by atoms with Crippen LogP contribution in [0.3, 0.4) is 0 Å². The fraction of sp³-hybridized carbons (Fsp3) is 0.316. The second-order valence-electron chi connectivity index (χ2n) is 12.2. The highest BCUT2D eigenvalue weighted by Gasteiger charge is 2.51. The molecule has 6 nitrogen and oxygen atoms in total. The number of benzene rings is 4. The van der Waals surface area contributed by atoms with Crippen molar-refractivity contribution in [2.24, 2.45) is 0 Å². The van der Waals surface area contributed by atoms with Gasteiger partial charge in [0, 0.05) is 0 Å². The lowest BCUT2D eigenvalue weighted by molar-refractivity contribution is -0.165. The van der Waals surface area contributed by atoms with Gasteiger partial charge in [-0.2, -0.15) is 0 Å². The number of rotatable bonds is 15. The van der Waals surface area contributed by atoms with Gasteiger partial charge in [0.1, 0.15) is 30.5 Å². The fourth-order valence-electron chi connectivity index (χ4n) is 5.65. The summed E-state index contributed by atoms with van der Waals surface area (Å²) in [4.78, 5) is 0. The molecule has 0 bridgehead atoms. The minimum absolute atomic E-state index is 0.0944. The summed E-state index contributed by atoms with van der Waals surface area (Å²) in [6.45, 7) is 6.54. The molecule has 0 aliphatic heterocycles. The highest BCUT2D eigenvalue weighted by atomic mass is 28.4.